The van der Waals surface area contributed by atoms with Crippen molar-refractivity contribution in [3.8, 4) is 0 Å². The number of likely N-dealkylation sites (tertiary alicyclic amines) is 1. The zero-order valence-corrected chi connectivity index (χ0v) is 15.4. The number of piperidine rings is 1. The van der Waals surface area contributed by atoms with Gasteiger partial charge in [-0.2, -0.15) is 0 Å². The van der Waals surface area contributed by atoms with Gasteiger partial charge < -0.3 is 9.47 Å². The molecule has 2 aromatic rings. The standard InChI is InChI=1S/C18H22N4O2S/c1-13-19-8-15(25-13)10-21-7-3-6-18(11-21)12-22(17(18)24)14-4-5-16(23)20(2)9-14/h4-5,8-9H,3,6-7,10-12H2,1-2H3/t18-/m0/s1. The Morgan fingerprint density at radius 3 is 2.80 bits per heavy atom. The maximum atomic E-state index is 12.9. The minimum atomic E-state index is -0.257. The molecular formula is C18H22N4O2S. The number of hydrogen-bond acceptors (Lipinski definition) is 5. The summed E-state index contributed by atoms with van der Waals surface area (Å²) >= 11 is 1.73. The largest absolute Gasteiger partial charge is 0.317 e. The van der Waals surface area contributed by atoms with Crippen molar-refractivity contribution in [2.45, 2.75) is 26.3 Å². The van der Waals surface area contributed by atoms with E-state index < -0.39 is 0 Å². The molecule has 1 atom stereocenters. The molecule has 0 N–H and O–H groups in total. The van der Waals surface area contributed by atoms with Crippen molar-refractivity contribution in [1.82, 2.24) is 14.5 Å². The Hall–Kier alpha value is -1.99. The van der Waals surface area contributed by atoms with Gasteiger partial charge in [0, 0.05) is 50.0 Å². The Kier molecular flexibility index (Phi) is 4.00. The van der Waals surface area contributed by atoms with Gasteiger partial charge in [0.1, 0.15) is 0 Å². The molecule has 1 spiro atoms. The predicted molar refractivity (Wildman–Crippen MR) is 97.8 cm³/mol. The van der Waals surface area contributed by atoms with Crippen LogP contribution in [0, 0.1) is 12.3 Å². The normalized spacial score (nSPS) is 23.9. The molecule has 6 nitrogen and oxygen atoms in total. The van der Waals surface area contributed by atoms with Crippen LogP contribution in [0.4, 0.5) is 5.69 Å². The number of aromatic nitrogens is 2. The lowest BCUT2D eigenvalue weighted by atomic mass is 9.72. The molecule has 2 aliphatic heterocycles. The first-order valence-corrected chi connectivity index (χ1v) is 9.41. The SMILES string of the molecule is Cc1ncc(CN2CCC[C@]3(C2)CN(c2ccc(=O)n(C)c2)C3=O)s1. The maximum Gasteiger partial charge on any atom is 0.250 e. The van der Waals surface area contributed by atoms with Crippen molar-refractivity contribution >= 4 is 22.9 Å². The van der Waals surface area contributed by atoms with Crippen LogP contribution in [-0.2, 0) is 18.4 Å². The summed E-state index contributed by atoms with van der Waals surface area (Å²) in [5, 5.41) is 1.09. The summed E-state index contributed by atoms with van der Waals surface area (Å²) in [5.41, 5.74) is 0.496. The van der Waals surface area contributed by atoms with Crippen molar-refractivity contribution in [3.05, 3.63) is 44.8 Å². The van der Waals surface area contributed by atoms with Gasteiger partial charge in [0.05, 0.1) is 16.1 Å². The zero-order chi connectivity index (χ0) is 17.6. The molecule has 0 saturated carbocycles. The summed E-state index contributed by atoms with van der Waals surface area (Å²) in [7, 11) is 1.71. The molecule has 7 heteroatoms. The van der Waals surface area contributed by atoms with Gasteiger partial charge in [0.2, 0.25) is 11.5 Å². The molecule has 4 heterocycles. The highest BCUT2D eigenvalue weighted by Gasteiger charge is 2.54. The van der Waals surface area contributed by atoms with E-state index in [0.717, 1.165) is 49.7 Å². The molecule has 4 rings (SSSR count). The van der Waals surface area contributed by atoms with E-state index in [0.29, 0.717) is 0 Å². The molecule has 0 radical (unpaired) electrons. The van der Waals surface area contributed by atoms with Gasteiger partial charge in [-0.15, -0.1) is 11.3 Å². The lowest BCUT2D eigenvalue weighted by Crippen LogP contribution is -2.67. The van der Waals surface area contributed by atoms with Gasteiger partial charge in [-0.25, -0.2) is 4.98 Å². The average Bonchev–Trinajstić information content (AvgIpc) is 3.00. The summed E-state index contributed by atoms with van der Waals surface area (Å²) in [6.45, 7) is 5.48. The Morgan fingerprint density at radius 2 is 2.12 bits per heavy atom. The molecule has 0 bridgehead atoms. The summed E-state index contributed by atoms with van der Waals surface area (Å²) < 4.78 is 1.52. The van der Waals surface area contributed by atoms with E-state index in [4.69, 9.17) is 0 Å². The molecular weight excluding hydrogens is 336 g/mol. The lowest BCUT2D eigenvalue weighted by Gasteiger charge is -2.53. The second kappa shape index (κ2) is 6.07. The Morgan fingerprint density at radius 1 is 1.28 bits per heavy atom. The number of anilines is 1. The summed E-state index contributed by atoms with van der Waals surface area (Å²) in [5.74, 6) is 0.191. The highest BCUT2D eigenvalue weighted by Crippen LogP contribution is 2.42. The number of amides is 1. The number of aryl methyl sites for hydroxylation is 2. The Bertz CT molecular complexity index is 874. The van der Waals surface area contributed by atoms with Crippen molar-refractivity contribution < 1.29 is 4.79 Å². The average molecular weight is 358 g/mol. The van der Waals surface area contributed by atoms with E-state index in [1.54, 1.807) is 35.5 Å². The molecule has 2 aromatic heterocycles. The van der Waals surface area contributed by atoms with Crippen molar-refractivity contribution in [2.75, 3.05) is 24.5 Å². The number of carbonyl (C=O) groups excluding carboxylic acids is 1. The van der Waals surface area contributed by atoms with E-state index in [1.807, 2.05) is 13.1 Å². The number of hydrogen-bond donors (Lipinski definition) is 0. The number of nitrogens with zero attached hydrogens (tertiary/aromatic N) is 4. The molecule has 132 valence electrons. The molecule has 2 saturated heterocycles. The van der Waals surface area contributed by atoms with Crippen LogP contribution < -0.4 is 10.5 Å². The summed E-state index contributed by atoms with van der Waals surface area (Å²) in [4.78, 5) is 34.3. The number of β-lactam (4-membered cyclic amide) rings is 1. The van der Waals surface area contributed by atoms with E-state index >= 15 is 0 Å². The van der Waals surface area contributed by atoms with Crippen LogP contribution in [0.25, 0.3) is 0 Å². The fourth-order valence-corrected chi connectivity index (χ4v) is 4.79. The van der Waals surface area contributed by atoms with Crippen molar-refractivity contribution in [3.63, 3.8) is 0 Å². The highest BCUT2D eigenvalue weighted by atomic mass is 32.1. The number of rotatable bonds is 3. The van der Waals surface area contributed by atoms with Crippen LogP contribution in [0.5, 0.6) is 0 Å². The third-order valence-corrected chi connectivity index (χ3v) is 6.14. The highest BCUT2D eigenvalue weighted by molar-refractivity contribution is 7.11. The third kappa shape index (κ3) is 2.91. The van der Waals surface area contributed by atoms with Crippen LogP contribution in [0.1, 0.15) is 22.7 Å². The van der Waals surface area contributed by atoms with Crippen molar-refractivity contribution in [2.24, 2.45) is 12.5 Å². The van der Waals surface area contributed by atoms with Crippen LogP contribution in [-0.4, -0.2) is 40.0 Å². The van der Waals surface area contributed by atoms with Crippen LogP contribution in [0.15, 0.2) is 29.3 Å². The third-order valence-electron chi connectivity index (χ3n) is 5.25. The Labute approximate surface area is 150 Å². The molecule has 0 aromatic carbocycles. The monoisotopic (exact) mass is 358 g/mol. The molecule has 1 amide bonds. The quantitative estimate of drug-likeness (QED) is 0.785. The van der Waals surface area contributed by atoms with E-state index in [2.05, 4.69) is 9.88 Å². The first kappa shape index (κ1) is 16.5. The van der Waals surface area contributed by atoms with Gasteiger partial charge in [0.25, 0.3) is 0 Å². The number of carbonyl (C=O) groups is 1. The van der Waals surface area contributed by atoms with Crippen LogP contribution in [0.3, 0.4) is 0 Å². The van der Waals surface area contributed by atoms with Crippen molar-refractivity contribution in [1.29, 1.82) is 0 Å². The van der Waals surface area contributed by atoms with Gasteiger partial charge in [-0.1, -0.05) is 0 Å². The Balaban J connectivity index is 1.46. The lowest BCUT2D eigenvalue weighted by molar-refractivity contribution is -0.139. The molecule has 0 unspecified atom stereocenters. The fraction of sp³-hybridized carbons (Fsp3) is 0.500. The fourth-order valence-electron chi connectivity index (χ4n) is 3.95. The molecule has 2 aliphatic rings. The topological polar surface area (TPSA) is 58.4 Å². The summed E-state index contributed by atoms with van der Waals surface area (Å²) in [6.07, 6.45) is 5.69. The second-order valence-corrected chi connectivity index (χ2v) is 8.49. The van der Waals surface area contributed by atoms with E-state index in [-0.39, 0.29) is 16.9 Å². The molecule has 0 aliphatic carbocycles. The van der Waals surface area contributed by atoms with Gasteiger partial charge in [-0.05, 0) is 32.4 Å². The first-order chi connectivity index (χ1) is 12.0. The van der Waals surface area contributed by atoms with Gasteiger partial charge in [-0.3, -0.25) is 14.5 Å². The molecule has 25 heavy (non-hydrogen) atoms. The molecule has 2 fully saturated rings. The van der Waals surface area contributed by atoms with Crippen LogP contribution >= 0.6 is 11.3 Å². The van der Waals surface area contributed by atoms with E-state index in [9.17, 15) is 9.59 Å². The second-order valence-electron chi connectivity index (χ2n) is 7.17. The number of thiazole rings is 1. The zero-order valence-electron chi connectivity index (χ0n) is 14.6. The minimum absolute atomic E-state index is 0.0601. The predicted octanol–water partition coefficient (Wildman–Crippen LogP) is 1.78. The van der Waals surface area contributed by atoms with E-state index in [1.165, 1.54) is 15.5 Å². The van der Waals surface area contributed by atoms with Crippen LogP contribution in [0.2, 0.25) is 0 Å². The maximum absolute atomic E-state index is 12.9. The van der Waals surface area contributed by atoms with Gasteiger partial charge >= 0.3 is 0 Å². The smallest absolute Gasteiger partial charge is 0.250 e. The minimum Gasteiger partial charge on any atom is -0.317 e. The van der Waals surface area contributed by atoms with Gasteiger partial charge in [0.15, 0.2) is 0 Å². The number of pyridine rings is 1. The first-order valence-electron chi connectivity index (χ1n) is 8.59. The summed E-state index contributed by atoms with van der Waals surface area (Å²) in [6, 6.07) is 3.26.